The molecule has 3 unspecified atom stereocenters. The van der Waals surface area contributed by atoms with Gasteiger partial charge in [0.2, 0.25) is 0 Å². The second-order valence-corrected chi connectivity index (χ2v) is 5.33. The standard InChI is InChI=1S/C15H21NO3/c1-10-8-16(9-14(10)15(17)18)11(2)12-4-6-13(19-3)7-5-12/h4-7,10-11,14H,8-9H2,1-3H3,(H,17,18). The van der Waals surface area contributed by atoms with Gasteiger partial charge in [0, 0.05) is 19.1 Å². The number of rotatable bonds is 4. The first-order valence-electron chi connectivity index (χ1n) is 6.63. The Morgan fingerprint density at radius 2 is 2.00 bits per heavy atom. The summed E-state index contributed by atoms with van der Waals surface area (Å²) >= 11 is 0. The number of carbonyl (C=O) groups is 1. The molecular formula is C15H21NO3. The molecule has 1 saturated heterocycles. The number of aliphatic carboxylic acids is 1. The van der Waals surface area contributed by atoms with Crippen LogP contribution in [0.4, 0.5) is 0 Å². The summed E-state index contributed by atoms with van der Waals surface area (Å²) < 4.78 is 5.15. The number of ether oxygens (including phenoxy) is 1. The Morgan fingerprint density at radius 3 is 2.47 bits per heavy atom. The van der Waals surface area contributed by atoms with Crippen LogP contribution in [0, 0.1) is 11.8 Å². The Hall–Kier alpha value is -1.55. The minimum absolute atomic E-state index is 0.207. The van der Waals surface area contributed by atoms with Gasteiger partial charge in [-0.15, -0.1) is 0 Å². The van der Waals surface area contributed by atoms with Crippen LogP contribution in [0.5, 0.6) is 5.75 Å². The normalized spacial score (nSPS) is 25.2. The van der Waals surface area contributed by atoms with Crippen molar-refractivity contribution >= 4 is 5.97 Å². The number of benzene rings is 1. The third kappa shape index (κ3) is 2.89. The monoisotopic (exact) mass is 263 g/mol. The van der Waals surface area contributed by atoms with Gasteiger partial charge in [0.15, 0.2) is 0 Å². The van der Waals surface area contributed by atoms with Crippen LogP contribution >= 0.6 is 0 Å². The summed E-state index contributed by atoms with van der Waals surface area (Å²) in [6.07, 6.45) is 0. The summed E-state index contributed by atoms with van der Waals surface area (Å²) in [4.78, 5) is 13.4. The quantitative estimate of drug-likeness (QED) is 0.906. The van der Waals surface area contributed by atoms with E-state index in [1.54, 1.807) is 7.11 Å². The Labute approximate surface area is 114 Å². The van der Waals surface area contributed by atoms with E-state index in [2.05, 4.69) is 11.8 Å². The minimum atomic E-state index is -0.683. The second kappa shape index (κ2) is 5.61. The van der Waals surface area contributed by atoms with Gasteiger partial charge in [0.25, 0.3) is 0 Å². The fourth-order valence-electron chi connectivity index (χ4n) is 2.74. The first kappa shape index (κ1) is 13.9. The predicted molar refractivity (Wildman–Crippen MR) is 73.3 cm³/mol. The van der Waals surface area contributed by atoms with Gasteiger partial charge in [0.05, 0.1) is 13.0 Å². The van der Waals surface area contributed by atoms with Crippen molar-refractivity contribution in [1.82, 2.24) is 4.90 Å². The molecule has 0 radical (unpaired) electrons. The predicted octanol–water partition coefficient (Wildman–Crippen LogP) is 2.41. The van der Waals surface area contributed by atoms with E-state index in [9.17, 15) is 9.90 Å². The molecule has 1 aliphatic rings. The summed E-state index contributed by atoms with van der Waals surface area (Å²) in [6.45, 7) is 5.60. The molecule has 2 rings (SSSR count). The van der Waals surface area contributed by atoms with Gasteiger partial charge in [-0.05, 0) is 30.5 Å². The highest BCUT2D eigenvalue weighted by atomic mass is 16.5. The van der Waals surface area contributed by atoms with Gasteiger partial charge in [-0.3, -0.25) is 9.69 Å². The van der Waals surface area contributed by atoms with Crippen LogP contribution in [0.3, 0.4) is 0 Å². The van der Waals surface area contributed by atoms with Crippen molar-refractivity contribution in [2.75, 3.05) is 20.2 Å². The number of carboxylic acid groups (broad SMARTS) is 1. The first-order valence-corrected chi connectivity index (χ1v) is 6.63. The Balaban J connectivity index is 2.07. The fraction of sp³-hybridized carbons (Fsp3) is 0.533. The third-order valence-corrected chi connectivity index (χ3v) is 4.10. The van der Waals surface area contributed by atoms with Crippen molar-refractivity contribution in [3.63, 3.8) is 0 Å². The van der Waals surface area contributed by atoms with E-state index in [0.29, 0.717) is 6.54 Å². The molecule has 3 atom stereocenters. The van der Waals surface area contributed by atoms with E-state index in [1.165, 1.54) is 5.56 Å². The molecule has 4 nitrogen and oxygen atoms in total. The molecule has 1 aromatic rings. The topological polar surface area (TPSA) is 49.8 Å². The van der Waals surface area contributed by atoms with Crippen LogP contribution in [0.15, 0.2) is 24.3 Å². The van der Waals surface area contributed by atoms with Crippen LogP contribution in [-0.2, 0) is 4.79 Å². The molecule has 0 amide bonds. The van der Waals surface area contributed by atoms with Crippen LogP contribution in [0.25, 0.3) is 0 Å². The average Bonchev–Trinajstić information content (AvgIpc) is 2.80. The highest BCUT2D eigenvalue weighted by molar-refractivity contribution is 5.71. The van der Waals surface area contributed by atoms with Crippen molar-refractivity contribution in [1.29, 1.82) is 0 Å². The molecule has 1 N–H and O–H groups in total. The molecule has 0 bridgehead atoms. The number of hydrogen-bond donors (Lipinski definition) is 1. The number of methoxy groups -OCH3 is 1. The van der Waals surface area contributed by atoms with E-state index in [4.69, 9.17) is 4.74 Å². The lowest BCUT2D eigenvalue weighted by atomic mass is 9.99. The SMILES string of the molecule is COc1ccc(C(C)N2CC(C)C(C(=O)O)C2)cc1. The molecule has 1 heterocycles. The van der Waals surface area contributed by atoms with Crippen LogP contribution < -0.4 is 4.74 Å². The van der Waals surface area contributed by atoms with E-state index in [0.717, 1.165) is 12.3 Å². The highest BCUT2D eigenvalue weighted by Gasteiger charge is 2.36. The third-order valence-electron chi connectivity index (χ3n) is 4.10. The summed E-state index contributed by atoms with van der Waals surface area (Å²) in [6, 6.07) is 8.21. The van der Waals surface area contributed by atoms with Crippen molar-refractivity contribution < 1.29 is 14.6 Å². The first-order chi connectivity index (χ1) is 9.02. The zero-order valence-electron chi connectivity index (χ0n) is 11.7. The molecule has 0 spiro atoms. The Morgan fingerprint density at radius 1 is 1.37 bits per heavy atom. The van der Waals surface area contributed by atoms with E-state index < -0.39 is 5.97 Å². The maximum Gasteiger partial charge on any atom is 0.308 e. The van der Waals surface area contributed by atoms with E-state index in [1.807, 2.05) is 31.2 Å². The fourth-order valence-corrected chi connectivity index (χ4v) is 2.74. The summed E-state index contributed by atoms with van der Waals surface area (Å²) in [5.41, 5.74) is 1.19. The Kier molecular flexibility index (Phi) is 4.10. The van der Waals surface area contributed by atoms with Gasteiger partial charge in [-0.25, -0.2) is 0 Å². The molecule has 0 saturated carbocycles. The lowest BCUT2D eigenvalue weighted by Gasteiger charge is -2.24. The Bertz CT molecular complexity index is 443. The minimum Gasteiger partial charge on any atom is -0.497 e. The van der Waals surface area contributed by atoms with Gasteiger partial charge < -0.3 is 9.84 Å². The molecule has 1 aliphatic heterocycles. The van der Waals surface area contributed by atoms with Gasteiger partial charge in [-0.1, -0.05) is 19.1 Å². The number of hydrogen-bond acceptors (Lipinski definition) is 3. The van der Waals surface area contributed by atoms with Crippen LogP contribution in [0.1, 0.15) is 25.5 Å². The largest absolute Gasteiger partial charge is 0.497 e. The lowest BCUT2D eigenvalue weighted by molar-refractivity contribution is -0.142. The van der Waals surface area contributed by atoms with Crippen LogP contribution in [0.2, 0.25) is 0 Å². The van der Waals surface area contributed by atoms with Gasteiger partial charge in [-0.2, -0.15) is 0 Å². The zero-order valence-corrected chi connectivity index (χ0v) is 11.7. The molecule has 104 valence electrons. The lowest BCUT2D eigenvalue weighted by Crippen LogP contribution is -2.26. The molecule has 0 aliphatic carbocycles. The van der Waals surface area contributed by atoms with Crippen molar-refractivity contribution in [3.8, 4) is 5.75 Å². The number of likely N-dealkylation sites (tertiary alicyclic amines) is 1. The molecule has 1 aromatic carbocycles. The van der Waals surface area contributed by atoms with E-state index >= 15 is 0 Å². The van der Waals surface area contributed by atoms with Gasteiger partial charge in [0.1, 0.15) is 5.75 Å². The van der Waals surface area contributed by atoms with Gasteiger partial charge >= 0.3 is 5.97 Å². The van der Waals surface area contributed by atoms with E-state index in [-0.39, 0.29) is 17.9 Å². The van der Waals surface area contributed by atoms with Crippen LogP contribution in [-0.4, -0.2) is 36.2 Å². The summed E-state index contributed by atoms with van der Waals surface area (Å²) in [5.74, 6) is 0.116. The highest BCUT2D eigenvalue weighted by Crippen LogP contribution is 2.31. The smallest absolute Gasteiger partial charge is 0.308 e. The average molecular weight is 263 g/mol. The zero-order chi connectivity index (χ0) is 14.0. The number of nitrogens with zero attached hydrogens (tertiary/aromatic N) is 1. The second-order valence-electron chi connectivity index (χ2n) is 5.33. The summed E-state index contributed by atoms with van der Waals surface area (Å²) in [7, 11) is 1.65. The summed E-state index contributed by atoms with van der Waals surface area (Å²) in [5, 5.41) is 9.18. The molecule has 4 heteroatoms. The number of carboxylic acids is 1. The molecule has 1 fully saturated rings. The van der Waals surface area contributed by atoms with Crippen molar-refractivity contribution in [2.24, 2.45) is 11.8 Å². The molecule has 0 aromatic heterocycles. The maximum absolute atomic E-state index is 11.2. The van der Waals surface area contributed by atoms with Crippen molar-refractivity contribution in [2.45, 2.75) is 19.9 Å². The molecule has 19 heavy (non-hydrogen) atoms. The maximum atomic E-state index is 11.2. The molecular weight excluding hydrogens is 242 g/mol. The van der Waals surface area contributed by atoms with Crippen molar-refractivity contribution in [3.05, 3.63) is 29.8 Å².